The summed E-state index contributed by atoms with van der Waals surface area (Å²) in [6.45, 7) is 1.84. The van der Waals surface area contributed by atoms with E-state index < -0.39 is 9.84 Å². The predicted molar refractivity (Wildman–Crippen MR) is 78.4 cm³/mol. The van der Waals surface area contributed by atoms with Crippen molar-refractivity contribution in [1.82, 2.24) is 4.98 Å². The van der Waals surface area contributed by atoms with Crippen molar-refractivity contribution < 1.29 is 8.42 Å². The van der Waals surface area contributed by atoms with E-state index in [-0.39, 0.29) is 16.3 Å². The zero-order valence-electron chi connectivity index (χ0n) is 10.3. The Morgan fingerprint density at radius 2 is 2.05 bits per heavy atom. The smallest absolute Gasteiger partial charge is 0.186 e. The molecule has 0 aliphatic carbocycles. The highest BCUT2D eigenvalue weighted by Gasteiger charge is 2.20. The van der Waals surface area contributed by atoms with Crippen LogP contribution in [0.4, 0.5) is 5.69 Å². The molecule has 0 bridgehead atoms. The molecule has 19 heavy (non-hydrogen) atoms. The highest BCUT2D eigenvalue weighted by atomic mass is 79.9. The fourth-order valence-electron chi connectivity index (χ4n) is 1.70. The van der Waals surface area contributed by atoms with E-state index in [0.717, 1.165) is 5.56 Å². The molecule has 0 radical (unpaired) electrons. The lowest BCUT2D eigenvalue weighted by molar-refractivity contribution is 0.595. The summed E-state index contributed by atoms with van der Waals surface area (Å²) in [6, 6.07) is 8.41. The first-order chi connectivity index (χ1) is 8.90. The van der Waals surface area contributed by atoms with Crippen LogP contribution in [0.1, 0.15) is 11.3 Å². The van der Waals surface area contributed by atoms with Crippen LogP contribution in [-0.2, 0) is 15.6 Å². The van der Waals surface area contributed by atoms with Crippen molar-refractivity contribution in [2.45, 2.75) is 17.6 Å². The Bertz CT molecular complexity index is 714. The Morgan fingerprint density at radius 1 is 1.32 bits per heavy atom. The second-order valence-corrected chi connectivity index (χ2v) is 7.08. The van der Waals surface area contributed by atoms with E-state index in [1.807, 2.05) is 13.0 Å². The van der Waals surface area contributed by atoms with Gasteiger partial charge in [-0.2, -0.15) is 0 Å². The molecular weight excluding hydrogens is 328 g/mol. The molecule has 0 aliphatic rings. The molecule has 0 atom stereocenters. The monoisotopic (exact) mass is 340 g/mol. The van der Waals surface area contributed by atoms with Crippen LogP contribution in [-0.4, -0.2) is 13.4 Å². The normalized spacial score (nSPS) is 11.5. The van der Waals surface area contributed by atoms with Crippen LogP contribution in [0.15, 0.2) is 45.9 Å². The zero-order chi connectivity index (χ0) is 14.0. The lowest BCUT2D eigenvalue weighted by Gasteiger charge is -2.09. The number of benzene rings is 1. The molecule has 2 aromatic rings. The Labute approximate surface area is 120 Å². The summed E-state index contributed by atoms with van der Waals surface area (Å²) < 4.78 is 25.5. The summed E-state index contributed by atoms with van der Waals surface area (Å²) in [5.74, 6) is -0.152. The maximum atomic E-state index is 12.4. The van der Waals surface area contributed by atoms with Gasteiger partial charge in [0.15, 0.2) is 9.84 Å². The molecule has 4 nitrogen and oxygen atoms in total. The number of hydrogen-bond acceptors (Lipinski definition) is 4. The average Bonchev–Trinajstić information content (AvgIpc) is 2.35. The predicted octanol–water partition coefficient (Wildman–Crippen LogP) is 2.71. The number of nitrogens with two attached hydrogens (primary N) is 1. The van der Waals surface area contributed by atoms with Crippen molar-refractivity contribution >= 4 is 31.5 Å². The number of aryl methyl sites for hydroxylation is 1. The number of nitrogen functional groups attached to an aromatic ring is 1. The largest absolute Gasteiger partial charge is 0.398 e. The maximum absolute atomic E-state index is 12.4. The highest BCUT2D eigenvalue weighted by molar-refractivity contribution is 9.10. The molecule has 0 aliphatic heterocycles. The van der Waals surface area contributed by atoms with Crippen molar-refractivity contribution in [2.24, 2.45) is 0 Å². The fourth-order valence-corrected chi connectivity index (χ4v) is 3.77. The molecule has 6 heteroatoms. The topological polar surface area (TPSA) is 73.0 Å². The molecular formula is C13H13BrN2O2S. The third-order valence-electron chi connectivity index (χ3n) is 2.76. The number of halogens is 1. The van der Waals surface area contributed by atoms with E-state index >= 15 is 0 Å². The van der Waals surface area contributed by atoms with Gasteiger partial charge in [-0.3, -0.25) is 4.98 Å². The first-order valence-electron chi connectivity index (χ1n) is 5.58. The minimum absolute atomic E-state index is 0.131. The van der Waals surface area contributed by atoms with Gasteiger partial charge in [0.25, 0.3) is 0 Å². The summed E-state index contributed by atoms with van der Waals surface area (Å²) in [6.07, 6.45) is 1.59. The van der Waals surface area contributed by atoms with Crippen LogP contribution >= 0.6 is 15.9 Å². The maximum Gasteiger partial charge on any atom is 0.186 e. The molecule has 0 unspecified atom stereocenters. The molecule has 0 saturated heterocycles. The van der Waals surface area contributed by atoms with Gasteiger partial charge in [0.1, 0.15) is 0 Å². The van der Waals surface area contributed by atoms with E-state index in [1.54, 1.807) is 24.4 Å². The van der Waals surface area contributed by atoms with Gasteiger partial charge in [0.05, 0.1) is 22.0 Å². The SMILES string of the molecule is Cc1cccnc1CS(=O)(=O)c1cc(Br)ccc1N. The average molecular weight is 341 g/mol. The fraction of sp³-hybridized carbons (Fsp3) is 0.154. The van der Waals surface area contributed by atoms with E-state index in [4.69, 9.17) is 5.73 Å². The quantitative estimate of drug-likeness (QED) is 0.872. The van der Waals surface area contributed by atoms with Crippen LogP contribution in [0.5, 0.6) is 0 Å². The van der Waals surface area contributed by atoms with Gasteiger partial charge in [0, 0.05) is 10.7 Å². The summed E-state index contributed by atoms with van der Waals surface area (Å²) in [7, 11) is -3.51. The standard InChI is InChI=1S/C13H13BrN2O2S/c1-9-3-2-6-16-12(9)8-19(17,18)13-7-10(14)4-5-11(13)15/h2-7H,8,15H2,1H3. The van der Waals surface area contributed by atoms with Crippen LogP contribution in [0.25, 0.3) is 0 Å². The summed E-state index contributed by atoms with van der Waals surface area (Å²) in [4.78, 5) is 4.24. The summed E-state index contributed by atoms with van der Waals surface area (Å²) in [5, 5.41) is 0. The molecule has 2 rings (SSSR count). The highest BCUT2D eigenvalue weighted by Crippen LogP contribution is 2.26. The lowest BCUT2D eigenvalue weighted by atomic mass is 10.2. The number of aromatic nitrogens is 1. The Morgan fingerprint density at radius 3 is 2.74 bits per heavy atom. The minimum atomic E-state index is -3.51. The minimum Gasteiger partial charge on any atom is -0.398 e. The van der Waals surface area contributed by atoms with E-state index in [0.29, 0.717) is 10.2 Å². The Hall–Kier alpha value is -1.40. The molecule has 1 heterocycles. The van der Waals surface area contributed by atoms with E-state index in [9.17, 15) is 8.42 Å². The summed E-state index contributed by atoms with van der Waals surface area (Å²) >= 11 is 3.25. The van der Waals surface area contributed by atoms with Gasteiger partial charge in [0.2, 0.25) is 0 Å². The number of pyridine rings is 1. The van der Waals surface area contributed by atoms with E-state index in [2.05, 4.69) is 20.9 Å². The summed E-state index contributed by atoms with van der Waals surface area (Å²) in [5.41, 5.74) is 7.38. The molecule has 0 spiro atoms. The molecule has 1 aromatic carbocycles. The van der Waals surface area contributed by atoms with Gasteiger partial charge in [-0.25, -0.2) is 8.42 Å². The van der Waals surface area contributed by atoms with Crippen LogP contribution in [0.3, 0.4) is 0 Å². The molecule has 0 amide bonds. The third kappa shape index (κ3) is 3.13. The van der Waals surface area contributed by atoms with Crippen LogP contribution < -0.4 is 5.73 Å². The second kappa shape index (κ2) is 5.30. The van der Waals surface area contributed by atoms with Gasteiger partial charge >= 0.3 is 0 Å². The van der Waals surface area contributed by atoms with Crippen LogP contribution in [0, 0.1) is 6.92 Å². The number of sulfone groups is 1. The van der Waals surface area contributed by atoms with Crippen molar-refractivity contribution in [3.05, 3.63) is 52.3 Å². The zero-order valence-corrected chi connectivity index (χ0v) is 12.7. The van der Waals surface area contributed by atoms with E-state index in [1.165, 1.54) is 6.07 Å². The van der Waals surface area contributed by atoms with Gasteiger partial charge < -0.3 is 5.73 Å². The van der Waals surface area contributed by atoms with Gasteiger partial charge in [-0.1, -0.05) is 22.0 Å². The number of rotatable bonds is 3. The van der Waals surface area contributed by atoms with Crippen molar-refractivity contribution in [3.8, 4) is 0 Å². The van der Waals surface area contributed by atoms with Crippen molar-refractivity contribution in [3.63, 3.8) is 0 Å². The van der Waals surface area contributed by atoms with Crippen molar-refractivity contribution in [1.29, 1.82) is 0 Å². The lowest BCUT2D eigenvalue weighted by Crippen LogP contribution is -2.10. The molecule has 2 N–H and O–H groups in total. The first-order valence-corrected chi connectivity index (χ1v) is 8.03. The molecule has 1 aromatic heterocycles. The van der Waals surface area contributed by atoms with Crippen molar-refractivity contribution in [2.75, 3.05) is 5.73 Å². The van der Waals surface area contributed by atoms with Gasteiger partial charge in [-0.15, -0.1) is 0 Å². The Kier molecular flexibility index (Phi) is 3.91. The van der Waals surface area contributed by atoms with Crippen LogP contribution in [0.2, 0.25) is 0 Å². The second-order valence-electron chi connectivity index (χ2n) is 4.21. The number of nitrogens with zero attached hydrogens (tertiary/aromatic N) is 1. The molecule has 0 saturated carbocycles. The molecule has 0 fully saturated rings. The first kappa shape index (κ1) is 14.0. The number of hydrogen-bond donors (Lipinski definition) is 1. The Balaban J connectivity index is 2.44. The number of anilines is 1. The molecule has 100 valence electrons. The van der Waals surface area contributed by atoms with Gasteiger partial charge in [-0.05, 0) is 36.8 Å². The third-order valence-corrected chi connectivity index (χ3v) is 4.93.